The molecule has 0 spiro atoms. The monoisotopic (exact) mass is 688 g/mol. The van der Waals surface area contributed by atoms with E-state index in [1.807, 2.05) is 4.90 Å². The number of aliphatic hydroxyl groups excluding tert-OH is 1. The van der Waals surface area contributed by atoms with E-state index in [0.717, 1.165) is 24.3 Å². The van der Waals surface area contributed by atoms with Crippen LogP contribution in [0.3, 0.4) is 0 Å². The van der Waals surface area contributed by atoms with Crippen molar-refractivity contribution in [1.82, 2.24) is 9.88 Å². The van der Waals surface area contributed by atoms with Crippen LogP contribution >= 0.6 is 12.4 Å². The Bertz CT molecular complexity index is 1600. The van der Waals surface area contributed by atoms with Crippen LogP contribution in [0.1, 0.15) is 48.9 Å². The molecule has 256 valence electrons. The van der Waals surface area contributed by atoms with Gasteiger partial charge in [-0.3, -0.25) is 9.69 Å². The van der Waals surface area contributed by atoms with E-state index in [4.69, 9.17) is 0 Å². The molecule has 1 aromatic heterocycles. The van der Waals surface area contributed by atoms with Crippen molar-refractivity contribution in [3.05, 3.63) is 76.7 Å². The zero-order valence-electron chi connectivity index (χ0n) is 26.2. The van der Waals surface area contributed by atoms with Gasteiger partial charge in [0.1, 0.15) is 11.6 Å². The Labute approximate surface area is 274 Å². The van der Waals surface area contributed by atoms with Crippen LogP contribution in [0.25, 0.3) is 11.1 Å². The molecule has 14 heteroatoms. The smallest absolute Gasteiger partial charge is 0.394 e. The number of alkyl halides is 6. The fourth-order valence-corrected chi connectivity index (χ4v) is 6.50. The molecule has 0 saturated carbocycles. The number of piperazine rings is 1. The van der Waals surface area contributed by atoms with Crippen molar-refractivity contribution >= 4 is 29.8 Å². The van der Waals surface area contributed by atoms with Gasteiger partial charge < -0.3 is 14.9 Å². The summed E-state index contributed by atoms with van der Waals surface area (Å²) in [5.74, 6) is -0.755. The highest BCUT2D eigenvalue weighted by Gasteiger charge is 2.42. The number of hydrogen-bond acceptors (Lipinski definition) is 5. The van der Waals surface area contributed by atoms with Gasteiger partial charge in [-0.25, -0.2) is 9.37 Å². The number of benzene rings is 2. The summed E-state index contributed by atoms with van der Waals surface area (Å²) in [4.78, 5) is 24.2. The van der Waals surface area contributed by atoms with Gasteiger partial charge in [0, 0.05) is 31.7 Å². The van der Waals surface area contributed by atoms with Gasteiger partial charge in [-0.05, 0) is 93.2 Å². The first-order chi connectivity index (χ1) is 21.4. The maximum atomic E-state index is 14.1. The van der Waals surface area contributed by atoms with Crippen molar-refractivity contribution in [3.63, 3.8) is 0 Å². The number of carbonyl (C=O) groups excluding carboxylic acids is 1. The minimum Gasteiger partial charge on any atom is -0.394 e. The van der Waals surface area contributed by atoms with Gasteiger partial charge in [-0.15, -0.1) is 12.4 Å². The van der Waals surface area contributed by atoms with E-state index in [-0.39, 0.29) is 42.9 Å². The molecule has 2 aliphatic rings. The zero-order chi connectivity index (χ0) is 33.8. The lowest BCUT2D eigenvalue weighted by molar-refractivity contribution is -0.143. The van der Waals surface area contributed by atoms with E-state index in [1.54, 1.807) is 13.0 Å². The fourth-order valence-electron chi connectivity index (χ4n) is 6.50. The molecule has 0 radical (unpaired) electrons. The second-order valence-electron chi connectivity index (χ2n) is 12.6. The number of aromatic nitrogens is 1. The van der Waals surface area contributed by atoms with Crippen LogP contribution in [0.5, 0.6) is 0 Å². The van der Waals surface area contributed by atoms with Gasteiger partial charge in [0.2, 0.25) is 5.91 Å². The predicted octanol–water partition coefficient (Wildman–Crippen LogP) is 7.24. The van der Waals surface area contributed by atoms with Crippen LogP contribution in [0.2, 0.25) is 0 Å². The Balaban J connectivity index is 0.00000500. The molecule has 2 fully saturated rings. The molecule has 0 unspecified atom stereocenters. The molecule has 47 heavy (non-hydrogen) atoms. The van der Waals surface area contributed by atoms with Gasteiger partial charge in [0.05, 0.1) is 41.1 Å². The molecule has 2 aliphatic heterocycles. The number of nitrogens with zero attached hydrogens (tertiary/aromatic N) is 4. The molecule has 5 rings (SSSR count). The maximum Gasteiger partial charge on any atom is 0.416 e. The normalized spacial score (nSPS) is 18.9. The zero-order valence-corrected chi connectivity index (χ0v) is 27.0. The SMILES string of the molecule is Cc1cc(F)ccc1-c1cc(N2C[C@H]3CCCN3C[C@H]2CO)ncc1N(C)C(=O)C(C)(C)c1cc(C(F)(F)F)cc(C(F)(F)F)c1.Cl. The second kappa shape index (κ2) is 13.2. The van der Waals surface area contributed by atoms with E-state index >= 15 is 0 Å². The Morgan fingerprint density at radius 3 is 2.15 bits per heavy atom. The predicted molar refractivity (Wildman–Crippen MR) is 167 cm³/mol. The van der Waals surface area contributed by atoms with E-state index < -0.39 is 46.2 Å². The maximum absolute atomic E-state index is 14.1. The number of amides is 1. The topological polar surface area (TPSA) is 59.9 Å². The summed E-state index contributed by atoms with van der Waals surface area (Å²) >= 11 is 0. The highest BCUT2D eigenvalue weighted by atomic mass is 35.5. The Morgan fingerprint density at radius 2 is 1.57 bits per heavy atom. The van der Waals surface area contributed by atoms with Gasteiger partial charge in [0.15, 0.2) is 0 Å². The molecule has 0 aliphatic carbocycles. The van der Waals surface area contributed by atoms with Gasteiger partial charge in [-0.1, -0.05) is 6.07 Å². The molecule has 1 amide bonds. The molecule has 2 atom stereocenters. The van der Waals surface area contributed by atoms with Crippen molar-refractivity contribution in [1.29, 1.82) is 0 Å². The van der Waals surface area contributed by atoms with E-state index in [0.29, 0.717) is 47.7 Å². The van der Waals surface area contributed by atoms with Crippen LogP contribution in [0, 0.1) is 12.7 Å². The van der Waals surface area contributed by atoms with E-state index in [2.05, 4.69) is 9.88 Å². The number of likely N-dealkylation sites (N-methyl/N-ethyl adjacent to an activating group) is 1. The van der Waals surface area contributed by atoms with Crippen LogP contribution in [0.4, 0.5) is 42.2 Å². The number of rotatable bonds is 6. The number of hydrogen-bond donors (Lipinski definition) is 1. The number of aliphatic hydroxyl groups is 1. The summed E-state index contributed by atoms with van der Waals surface area (Å²) < 4.78 is 96.1. The number of pyridine rings is 1. The molecular formula is C33H36ClF7N4O2. The Hall–Kier alpha value is -3.42. The molecule has 0 bridgehead atoms. The van der Waals surface area contributed by atoms with Gasteiger partial charge in [0.25, 0.3) is 0 Å². The Kier molecular flexibility index (Phi) is 10.3. The summed E-state index contributed by atoms with van der Waals surface area (Å²) in [6, 6.07) is 7.01. The van der Waals surface area contributed by atoms with Crippen LogP contribution in [-0.4, -0.2) is 66.3 Å². The summed E-state index contributed by atoms with van der Waals surface area (Å²) in [6.07, 6.45) is -6.70. The highest BCUT2D eigenvalue weighted by molar-refractivity contribution is 6.03. The average molecular weight is 689 g/mol. The summed E-state index contributed by atoms with van der Waals surface area (Å²) in [5, 5.41) is 10.2. The van der Waals surface area contributed by atoms with Crippen molar-refractivity contribution in [2.75, 3.05) is 43.1 Å². The standard InChI is InChI=1S/C33H35F7N4O2.ClH/c1-19-10-23(34)7-8-26(19)27-14-29(44-17-24-6-5-9-43(24)16-25(44)18-45)41-15-28(27)42(4)30(46)31(2,3)20-11-21(32(35,36)37)13-22(12-20)33(38,39)40;/h7-8,10-15,24-25,45H,5-6,9,16-18H2,1-4H3;1H/t24-,25+;/m1./s1. The average Bonchev–Trinajstić information content (AvgIpc) is 3.46. The lowest BCUT2D eigenvalue weighted by atomic mass is 9.81. The molecular weight excluding hydrogens is 653 g/mol. The minimum absolute atomic E-state index is 0. The number of fused-ring (bicyclic) bond motifs is 1. The van der Waals surface area contributed by atoms with E-state index in [9.17, 15) is 40.6 Å². The lowest BCUT2D eigenvalue weighted by Gasteiger charge is -2.44. The summed E-state index contributed by atoms with van der Waals surface area (Å²) in [7, 11) is 1.37. The fraction of sp³-hybridized carbons (Fsp3) is 0.455. The number of halogens is 8. The van der Waals surface area contributed by atoms with Crippen molar-refractivity contribution in [2.45, 2.75) is 63.5 Å². The first-order valence-electron chi connectivity index (χ1n) is 14.9. The third-order valence-electron chi connectivity index (χ3n) is 9.15. The van der Waals surface area contributed by atoms with Crippen LogP contribution < -0.4 is 9.80 Å². The first-order valence-corrected chi connectivity index (χ1v) is 14.9. The highest BCUT2D eigenvalue weighted by Crippen LogP contribution is 2.42. The Morgan fingerprint density at radius 1 is 0.957 bits per heavy atom. The lowest BCUT2D eigenvalue weighted by Crippen LogP contribution is -2.57. The molecule has 3 heterocycles. The summed E-state index contributed by atoms with van der Waals surface area (Å²) in [6.45, 7) is 6.28. The van der Waals surface area contributed by atoms with Crippen molar-refractivity contribution in [3.8, 4) is 11.1 Å². The van der Waals surface area contributed by atoms with Gasteiger partial charge >= 0.3 is 12.4 Å². The van der Waals surface area contributed by atoms with Crippen molar-refractivity contribution in [2.24, 2.45) is 0 Å². The van der Waals surface area contributed by atoms with E-state index in [1.165, 1.54) is 45.3 Å². The number of anilines is 2. The largest absolute Gasteiger partial charge is 0.416 e. The third-order valence-corrected chi connectivity index (χ3v) is 9.15. The number of aryl methyl sites for hydroxylation is 1. The molecule has 6 nitrogen and oxygen atoms in total. The summed E-state index contributed by atoms with van der Waals surface area (Å²) in [5.41, 5.74) is -3.58. The first kappa shape index (κ1) is 36.4. The van der Waals surface area contributed by atoms with Crippen LogP contribution in [0.15, 0.2) is 48.7 Å². The quantitative estimate of drug-likeness (QED) is 0.277. The molecule has 2 aromatic carbocycles. The van der Waals surface area contributed by atoms with Crippen molar-refractivity contribution < 1.29 is 40.6 Å². The third kappa shape index (κ3) is 7.22. The van der Waals surface area contributed by atoms with Crippen LogP contribution in [-0.2, 0) is 22.6 Å². The number of carbonyl (C=O) groups is 1. The second-order valence-corrected chi connectivity index (χ2v) is 12.6. The molecule has 2 saturated heterocycles. The van der Waals surface area contributed by atoms with Gasteiger partial charge in [-0.2, -0.15) is 26.3 Å². The molecule has 1 N–H and O–H groups in total. The molecule has 3 aromatic rings. The minimum atomic E-state index is -5.08.